The zero-order chi connectivity index (χ0) is 31.6. The van der Waals surface area contributed by atoms with Crippen LogP contribution < -0.4 is 10.2 Å². The highest BCUT2D eigenvalue weighted by Crippen LogP contribution is 2.38. The molecule has 1 unspecified atom stereocenters. The quantitative estimate of drug-likeness (QED) is 0.448. The lowest BCUT2D eigenvalue weighted by Gasteiger charge is -2.41. The highest BCUT2D eigenvalue weighted by molar-refractivity contribution is 6.07. The van der Waals surface area contributed by atoms with Crippen molar-refractivity contribution in [1.29, 1.82) is 0 Å². The standard InChI is InChI=1S/C34H48N4O5/c1-32(2,3)24-15-17-26(18-16-24)38(30(41)34(7)20-27(39)22-37(34)31(42)43-33(4,5)6)28(23-12-11-19-35-21-23)29(40)36-25-13-9-8-10-14-25/h11-12,15-19,21,25,27-28,39H,8-10,13-14,20,22H2,1-7H3,(H,36,40)/t27-,28?,34+/m0/s1. The smallest absolute Gasteiger partial charge is 0.411 e. The molecule has 0 spiro atoms. The van der Waals surface area contributed by atoms with Crippen LogP contribution in [-0.4, -0.2) is 62.7 Å². The normalized spacial score (nSPS) is 22.1. The van der Waals surface area contributed by atoms with E-state index in [1.807, 2.05) is 24.3 Å². The minimum atomic E-state index is -1.48. The number of hydrogen-bond donors (Lipinski definition) is 2. The molecule has 2 aromatic rings. The van der Waals surface area contributed by atoms with Crippen molar-refractivity contribution in [3.05, 3.63) is 59.9 Å². The molecular formula is C34H48N4O5. The Kier molecular flexibility index (Phi) is 9.54. The summed E-state index contributed by atoms with van der Waals surface area (Å²) in [5.41, 5.74) is -0.257. The van der Waals surface area contributed by atoms with Gasteiger partial charge in [0.1, 0.15) is 17.2 Å². The number of β-amino-alcohol motifs (C(OH)–C–C–N with tert-alkyl or cyclic N) is 1. The van der Waals surface area contributed by atoms with E-state index in [0.717, 1.165) is 37.7 Å². The van der Waals surface area contributed by atoms with Crippen molar-refractivity contribution in [3.8, 4) is 0 Å². The zero-order valence-electron chi connectivity index (χ0n) is 26.7. The molecule has 9 nitrogen and oxygen atoms in total. The average Bonchev–Trinajstić information content (AvgIpc) is 3.26. The van der Waals surface area contributed by atoms with Crippen LogP contribution in [0.25, 0.3) is 0 Å². The van der Waals surface area contributed by atoms with E-state index < -0.39 is 35.3 Å². The maximum atomic E-state index is 15.0. The van der Waals surface area contributed by atoms with Gasteiger partial charge in [0, 0.05) is 36.1 Å². The lowest BCUT2D eigenvalue weighted by molar-refractivity contribution is -0.132. The van der Waals surface area contributed by atoms with E-state index in [4.69, 9.17) is 4.74 Å². The van der Waals surface area contributed by atoms with Crippen LogP contribution in [0.4, 0.5) is 10.5 Å². The molecule has 2 aliphatic rings. The molecule has 1 aromatic carbocycles. The number of carbonyl (C=O) groups excluding carboxylic acids is 3. The SMILES string of the molecule is CC(C)(C)OC(=O)N1C[C@@H](O)C[C@]1(C)C(=O)N(c1ccc(C(C)(C)C)cc1)C(C(=O)NC1CCCCC1)c1cccnc1. The summed E-state index contributed by atoms with van der Waals surface area (Å²) in [6.45, 7) is 13.2. The third-order valence-electron chi connectivity index (χ3n) is 8.39. The first-order valence-electron chi connectivity index (χ1n) is 15.4. The van der Waals surface area contributed by atoms with Crippen molar-refractivity contribution in [2.45, 2.75) is 122 Å². The molecule has 234 valence electrons. The van der Waals surface area contributed by atoms with Gasteiger partial charge in [-0.3, -0.25) is 24.4 Å². The zero-order valence-corrected chi connectivity index (χ0v) is 26.7. The Morgan fingerprint density at radius 3 is 2.26 bits per heavy atom. The number of ether oxygens (including phenoxy) is 1. The van der Waals surface area contributed by atoms with Crippen molar-refractivity contribution in [3.63, 3.8) is 0 Å². The molecule has 9 heteroatoms. The van der Waals surface area contributed by atoms with E-state index in [2.05, 4.69) is 31.1 Å². The third kappa shape index (κ3) is 7.55. The van der Waals surface area contributed by atoms with Crippen LogP contribution in [0.15, 0.2) is 48.8 Å². The molecule has 1 aliphatic carbocycles. The lowest BCUT2D eigenvalue weighted by atomic mass is 9.86. The monoisotopic (exact) mass is 592 g/mol. The first kappa shape index (κ1) is 32.5. The first-order chi connectivity index (χ1) is 20.1. The molecule has 1 aromatic heterocycles. The molecule has 3 atom stereocenters. The van der Waals surface area contributed by atoms with Gasteiger partial charge in [0.2, 0.25) is 5.91 Å². The Morgan fingerprint density at radius 2 is 1.70 bits per heavy atom. The van der Waals surface area contributed by atoms with Crippen LogP contribution in [0.2, 0.25) is 0 Å². The summed E-state index contributed by atoms with van der Waals surface area (Å²) in [5.74, 6) is -0.787. The number of aliphatic hydroxyl groups is 1. The number of benzene rings is 1. The number of carbonyl (C=O) groups is 3. The summed E-state index contributed by atoms with van der Waals surface area (Å²) < 4.78 is 5.66. The van der Waals surface area contributed by atoms with Gasteiger partial charge < -0.3 is 15.2 Å². The largest absolute Gasteiger partial charge is 0.444 e. The summed E-state index contributed by atoms with van der Waals surface area (Å²) in [5, 5.41) is 14.0. The van der Waals surface area contributed by atoms with Gasteiger partial charge in [0.15, 0.2) is 0 Å². The number of anilines is 1. The Balaban J connectivity index is 1.84. The topological polar surface area (TPSA) is 112 Å². The number of likely N-dealkylation sites (tertiary alicyclic amines) is 1. The summed E-state index contributed by atoms with van der Waals surface area (Å²) in [4.78, 5) is 49.7. The van der Waals surface area contributed by atoms with Gasteiger partial charge in [0.05, 0.1) is 12.6 Å². The van der Waals surface area contributed by atoms with E-state index in [-0.39, 0.29) is 30.3 Å². The average molecular weight is 593 g/mol. The molecule has 2 N–H and O–H groups in total. The van der Waals surface area contributed by atoms with Crippen molar-refractivity contribution in [2.75, 3.05) is 11.4 Å². The van der Waals surface area contributed by atoms with Crippen molar-refractivity contribution >= 4 is 23.6 Å². The minimum Gasteiger partial charge on any atom is -0.444 e. The summed E-state index contributed by atoms with van der Waals surface area (Å²) in [6, 6.07) is 10.1. The number of pyridine rings is 1. The second-order valence-corrected chi connectivity index (χ2v) is 14.2. The fourth-order valence-electron chi connectivity index (χ4n) is 6.09. The van der Waals surface area contributed by atoms with E-state index in [1.165, 1.54) is 9.80 Å². The van der Waals surface area contributed by atoms with E-state index >= 15 is 0 Å². The van der Waals surface area contributed by atoms with Crippen LogP contribution in [0.3, 0.4) is 0 Å². The molecule has 0 radical (unpaired) electrons. The second kappa shape index (κ2) is 12.6. The van der Waals surface area contributed by atoms with Gasteiger partial charge in [0.25, 0.3) is 5.91 Å². The first-order valence-corrected chi connectivity index (χ1v) is 15.4. The number of hydrogen-bond acceptors (Lipinski definition) is 6. The molecule has 3 amide bonds. The number of amides is 3. The Morgan fingerprint density at radius 1 is 1.05 bits per heavy atom. The molecule has 1 saturated heterocycles. The molecule has 2 heterocycles. The Bertz CT molecular complexity index is 1280. The Hall–Kier alpha value is -3.46. The maximum Gasteiger partial charge on any atom is 0.411 e. The fourth-order valence-corrected chi connectivity index (χ4v) is 6.09. The second-order valence-electron chi connectivity index (χ2n) is 14.2. The summed E-state index contributed by atoms with van der Waals surface area (Å²) in [7, 11) is 0. The van der Waals surface area contributed by atoms with E-state index in [1.54, 1.807) is 52.2 Å². The fraction of sp³-hybridized carbons (Fsp3) is 0.588. The molecule has 1 saturated carbocycles. The van der Waals surface area contributed by atoms with Gasteiger partial charge in [-0.15, -0.1) is 0 Å². The van der Waals surface area contributed by atoms with Gasteiger partial charge >= 0.3 is 6.09 Å². The number of nitrogens with zero attached hydrogens (tertiary/aromatic N) is 3. The highest BCUT2D eigenvalue weighted by Gasteiger charge is 2.54. The number of nitrogens with one attached hydrogen (secondary N) is 1. The molecule has 4 rings (SSSR count). The van der Waals surface area contributed by atoms with Crippen molar-refractivity contribution < 1.29 is 24.2 Å². The maximum absolute atomic E-state index is 15.0. The van der Waals surface area contributed by atoms with Crippen molar-refractivity contribution in [1.82, 2.24) is 15.2 Å². The van der Waals surface area contributed by atoms with Crippen molar-refractivity contribution in [2.24, 2.45) is 0 Å². The number of rotatable bonds is 6. The van der Waals surface area contributed by atoms with Gasteiger partial charge in [-0.05, 0) is 69.7 Å². The molecule has 0 bridgehead atoms. The van der Waals surface area contributed by atoms with Crippen LogP contribution in [0, 0.1) is 0 Å². The summed E-state index contributed by atoms with van der Waals surface area (Å²) in [6.07, 6.45) is 6.62. The molecule has 43 heavy (non-hydrogen) atoms. The van der Waals surface area contributed by atoms with Crippen LogP contribution in [0.5, 0.6) is 0 Å². The van der Waals surface area contributed by atoms with Gasteiger partial charge in [-0.2, -0.15) is 0 Å². The predicted octanol–water partition coefficient (Wildman–Crippen LogP) is 5.66. The van der Waals surface area contributed by atoms with Gasteiger partial charge in [-0.25, -0.2) is 4.79 Å². The minimum absolute atomic E-state index is 0.00561. The van der Waals surface area contributed by atoms with E-state index in [0.29, 0.717) is 11.3 Å². The Labute approximate surface area is 256 Å². The van der Waals surface area contributed by atoms with Gasteiger partial charge in [-0.1, -0.05) is 58.2 Å². The predicted molar refractivity (Wildman–Crippen MR) is 167 cm³/mol. The molecule has 2 fully saturated rings. The third-order valence-corrected chi connectivity index (χ3v) is 8.39. The number of aromatic nitrogens is 1. The van der Waals surface area contributed by atoms with Crippen LogP contribution in [0.1, 0.15) is 104 Å². The summed E-state index contributed by atoms with van der Waals surface area (Å²) >= 11 is 0. The number of aliphatic hydroxyl groups excluding tert-OH is 1. The van der Waals surface area contributed by atoms with E-state index in [9.17, 15) is 19.5 Å². The van der Waals surface area contributed by atoms with Crippen LogP contribution in [-0.2, 0) is 19.7 Å². The lowest BCUT2D eigenvalue weighted by Crippen LogP contribution is -2.59. The van der Waals surface area contributed by atoms with Crippen LogP contribution >= 0.6 is 0 Å². The molecular weight excluding hydrogens is 544 g/mol. The highest BCUT2D eigenvalue weighted by atomic mass is 16.6. The molecule has 1 aliphatic heterocycles.